The molecule has 1 amide bonds. The fourth-order valence-corrected chi connectivity index (χ4v) is 2.44. The molecule has 0 unspecified atom stereocenters. The van der Waals surface area contributed by atoms with Crippen molar-refractivity contribution in [1.82, 2.24) is 19.6 Å². The van der Waals surface area contributed by atoms with Gasteiger partial charge in [-0.05, 0) is 25.8 Å². The van der Waals surface area contributed by atoms with Crippen LogP contribution in [0.3, 0.4) is 0 Å². The Balaban J connectivity index is 1.89. The van der Waals surface area contributed by atoms with Gasteiger partial charge in [0, 0.05) is 37.8 Å². The first kappa shape index (κ1) is 17.8. The number of amides is 1. The van der Waals surface area contributed by atoms with Gasteiger partial charge < -0.3 is 5.32 Å². The molecule has 0 bridgehead atoms. The smallest absolute Gasteiger partial charge is 0.248 e. The normalized spacial score (nSPS) is 10.9. The lowest BCUT2D eigenvalue weighted by molar-refractivity contribution is -0.111. The number of aromatic nitrogens is 4. The summed E-state index contributed by atoms with van der Waals surface area (Å²) < 4.78 is 3.31. The number of rotatable bonds is 7. The molecule has 0 aliphatic heterocycles. The maximum Gasteiger partial charge on any atom is 0.248 e. The lowest BCUT2D eigenvalue weighted by Gasteiger charge is -1.99. The lowest BCUT2D eigenvalue weighted by Crippen LogP contribution is -2.07. The Morgan fingerprint density at radius 3 is 2.96 bits per heavy atom. The third-order valence-corrected chi connectivity index (χ3v) is 3.87. The van der Waals surface area contributed by atoms with Crippen LogP contribution in [0.2, 0.25) is 5.15 Å². The molecule has 2 aromatic rings. The fraction of sp³-hybridized carbons (Fsp3) is 0.375. The summed E-state index contributed by atoms with van der Waals surface area (Å²) in [5, 5.41) is 20.1. The third-order valence-electron chi connectivity index (χ3n) is 3.42. The maximum atomic E-state index is 12.0. The lowest BCUT2D eigenvalue weighted by atomic mass is 10.2. The summed E-state index contributed by atoms with van der Waals surface area (Å²) in [7, 11) is 1.75. The molecule has 2 aromatic heterocycles. The van der Waals surface area contributed by atoms with Gasteiger partial charge in [0.2, 0.25) is 5.91 Å². The molecule has 7 nitrogen and oxygen atoms in total. The van der Waals surface area contributed by atoms with Gasteiger partial charge in [-0.25, -0.2) is 0 Å². The molecule has 0 saturated carbocycles. The van der Waals surface area contributed by atoms with Crippen LogP contribution in [-0.4, -0.2) is 25.5 Å². The number of carbonyl (C=O) groups is 1. The number of carbonyl (C=O) groups excluding carboxylic acids is 1. The molecule has 0 aliphatic carbocycles. The molecule has 24 heavy (non-hydrogen) atoms. The number of hydrogen-bond donors (Lipinski definition) is 1. The number of nitriles is 1. The van der Waals surface area contributed by atoms with E-state index in [1.807, 2.05) is 6.92 Å². The fourth-order valence-electron chi connectivity index (χ4n) is 2.21. The van der Waals surface area contributed by atoms with Crippen LogP contribution in [0, 0.1) is 18.3 Å². The van der Waals surface area contributed by atoms with Crippen molar-refractivity contribution in [3.63, 3.8) is 0 Å². The van der Waals surface area contributed by atoms with E-state index in [4.69, 9.17) is 16.9 Å². The van der Waals surface area contributed by atoms with Crippen molar-refractivity contribution in [3.8, 4) is 6.07 Å². The van der Waals surface area contributed by atoms with Gasteiger partial charge in [0.25, 0.3) is 0 Å². The summed E-state index contributed by atoms with van der Waals surface area (Å²) in [5.41, 5.74) is 2.11. The Labute approximate surface area is 145 Å². The standard InChI is InChI=1S/C16H19ClN6O/c1-12-14(16(17)22(2)21-12)6-7-15(24)20-13-10-19-23(11-13)9-5-3-4-8-18/h6-7,10-11H,3-5,9H2,1-2H3,(H,20,24). The molecule has 0 radical (unpaired) electrons. The zero-order valence-corrected chi connectivity index (χ0v) is 14.4. The van der Waals surface area contributed by atoms with Crippen molar-refractivity contribution in [2.24, 2.45) is 7.05 Å². The molecule has 126 valence electrons. The largest absolute Gasteiger partial charge is 0.320 e. The first-order chi connectivity index (χ1) is 11.5. The second-order valence-electron chi connectivity index (χ2n) is 5.34. The molecular weight excluding hydrogens is 328 g/mol. The maximum absolute atomic E-state index is 12.0. The van der Waals surface area contributed by atoms with E-state index in [0.29, 0.717) is 17.3 Å². The zero-order chi connectivity index (χ0) is 17.5. The molecule has 0 spiro atoms. The molecule has 0 atom stereocenters. The van der Waals surface area contributed by atoms with Crippen molar-refractivity contribution in [3.05, 3.63) is 34.9 Å². The Morgan fingerprint density at radius 1 is 1.50 bits per heavy atom. The predicted molar refractivity (Wildman–Crippen MR) is 92.3 cm³/mol. The van der Waals surface area contributed by atoms with Crippen LogP contribution in [0.1, 0.15) is 30.5 Å². The molecule has 2 heterocycles. The van der Waals surface area contributed by atoms with Gasteiger partial charge in [-0.1, -0.05) is 11.6 Å². The second-order valence-corrected chi connectivity index (χ2v) is 5.70. The number of unbranched alkanes of at least 4 members (excludes halogenated alkanes) is 2. The van der Waals surface area contributed by atoms with E-state index in [-0.39, 0.29) is 5.91 Å². The molecule has 2 rings (SSSR count). The monoisotopic (exact) mass is 346 g/mol. The van der Waals surface area contributed by atoms with Gasteiger partial charge in [-0.2, -0.15) is 15.5 Å². The number of nitrogens with zero attached hydrogens (tertiary/aromatic N) is 5. The SMILES string of the molecule is Cc1nn(C)c(Cl)c1C=CC(=O)Nc1cnn(CCCCC#N)c1. The van der Waals surface area contributed by atoms with Gasteiger partial charge in [0.15, 0.2) is 0 Å². The van der Waals surface area contributed by atoms with Crippen molar-refractivity contribution < 1.29 is 4.79 Å². The predicted octanol–water partition coefficient (Wildman–Crippen LogP) is 2.92. The summed E-state index contributed by atoms with van der Waals surface area (Å²) >= 11 is 6.12. The average Bonchev–Trinajstić information content (AvgIpc) is 3.07. The van der Waals surface area contributed by atoms with Crippen LogP contribution in [0.4, 0.5) is 5.69 Å². The zero-order valence-electron chi connectivity index (χ0n) is 13.7. The minimum atomic E-state index is -0.265. The van der Waals surface area contributed by atoms with E-state index in [1.54, 1.807) is 34.9 Å². The van der Waals surface area contributed by atoms with Crippen LogP contribution in [0.15, 0.2) is 18.5 Å². The topological polar surface area (TPSA) is 88.5 Å². The first-order valence-electron chi connectivity index (χ1n) is 7.59. The number of hydrogen-bond acceptors (Lipinski definition) is 4. The Kier molecular flexibility index (Phi) is 6.15. The van der Waals surface area contributed by atoms with Gasteiger partial charge in [0.1, 0.15) is 5.15 Å². The molecule has 0 fully saturated rings. The van der Waals surface area contributed by atoms with Crippen LogP contribution in [0.25, 0.3) is 6.08 Å². The van der Waals surface area contributed by atoms with E-state index in [2.05, 4.69) is 21.6 Å². The second kappa shape index (κ2) is 8.31. The van der Waals surface area contributed by atoms with Gasteiger partial charge in [0.05, 0.1) is 23.6 Å². The van der Waals surface area contributed by atoms with E-state index in [0.717, 1.165) is 30.6 Å². The molecule has 0 aromatic carbocycles. The minimum absolute atomic E-state index is 0.265. The Morgan fingerprint density at radius 2 is 2.29 bits per heavy atom. The average molecular weight is 347 g/mol. The van der Waals surface area contributed by atoms with E-state index < -0.39 is 0 Å². The summed E-state index contributed by atoms with van der Waals surface area (Å²) in [5.74, 6) is -0.265. The number of nitrogens with one attached hydrogen (secondary N) is 1. The van der Waals surface area contributed by atoms with Gasteiger partial charge in [-0.15, -0.1) is 0 Å². The van der Waals surface area contributed by atoms with Crippen LogP contribution in [0.5, 0.6) is 0 Å². The van der Waals surface area contributed by atoms with Crippen LogP contribution >= 0.6 is 11.6 Å². The van der Waals surface area contributed by atoms with E-state index >= 15 is 0 Å². The molecule has 0 saturated heterocycles. The van der Waals surface area contributed by atoms with Crippen molar-refractivity contribution in [1.29, 1.82) is 5.26 Å². The third kappa shape index (κ3) is 4.70. The van der Waals surface area contributed by atoms with Crippen molar-refractivity contribution >= 4 is 29.3 Å². The highest BCUT2D eigenvalue weighted by molar-refractivity contribution is 6.31. The van der Waals surface area contributed by atoms with Crippen molar-refractivity contribution in [2.75, 3.05) is 5.32 Å². The summed E-state index contributed by atoms with van der Waals surface area (Å²) in [4.78, 5) is 12.0. The molecular formula is C16H19ClN6O. The highest BCUT2D eigenvalue weighted by Gasteiger charge is 2.08. The number of aryl methyl sites for hydroxylation is 3. The Hall–Kier alpha value is -2.59. The van der Waals surface area contributed by atoms with Gasteiger partial charge >= 0.3 is 0 Å². The van der Waals surface area contributed by atoms with Crippen LogP contribution in [-0.2, 0) is 18.4 Å². The quantitative estimate of drug-likeness (QED) is 0.616. The first-order valence-corrected chi connectivity index (χ1v) is 7.96. The van der Waals surface area contributed by atoms with Gasteiger partial charge in [-0.3, -0.25) is 14.2 Å². The molecule has 0 aliphatic rings. The van der Waals surface area contributed by atoms with Crippen molar-refractivity contribution in [2.45, 2.75) is 32.7 Å². The summed E-state index contributed by atoms with van der Waals surface area (Å²) in [6.07, 6.45) is 8.69. The summed E-state index contributed by atoms with van der Waals surface area (Å²) in [6.45, 7) is 2.55. The number of anilines is 1. The molecule has 1 N–H and O–H groups in total. The summed E-state index contributed by atoms with van der Waals surface area (Å²) in [6, 6.07) is 2.11. The Bertz CT molecular complexity index is 783. The molecule has 8 heteroatoms. The van der Waals surface area contributed by atoms with E-state index in [9.17, 15) is 4.79 Å². The van der Waals surface area contributed by atoms with Crippen LogP contribution < -0.4 is 5.32 Å². The van der Waals surface area contributed by atoms with E-state index in [1.165, 1.54) is 6.08 Å². The highest BCUT2D eigenvalue weighted by Crippen LogP contribution is 2.20. The number of halogens is 1. The highest BCUT2D eigenvalue weighted by atomic mass is 35.5. The minimum Gasteiger partial charge on any atom is -0.320 e.